The zero-order chi connectivity index (χ0) is 15.0. The summed E-state index contributed by atoms with van der Waals surface area (Å²) in [7, 11) is 0. The SMILES string of the molecule is Cc1cc(C(=O)N2C[C@@H]3C(N)[C@@H]3C2)cn2cc(C3CC3)nc12.Cl.Cl. The van der Waals surface area contributed by atoms with Gasteiger partial charge < -0.3 is 15.0 Å². The summed E-state index contributed by atoms with van der Waals surface area (Å²) in [5.41, 5.74) is 9.93. The minimum atomic E-state index is 0. The lowest BCUT2D eigenvalue weighted by molar-refractivity contribution is 0.0772. The second kappa shape index (κ2) is 5.90. The molecule has 0 spiro atoms. The normalized spacial score (nSPS) is 27.4. The molecule has 2 aromatic heterocycles. The van der Waals surface area contributed by atoms with E-state index in [0.29, 0.717) is 23.8 Å². The second-order valence-corrected chi connectivity index (χ2v) is 7.20. The molecule has 5 rings (SSSR count). The molecule has 3 heterocycles. The highest BCUT2D eigenvalue weighted by Crippen LogP contribution is 2.44. The minimum absolute atomic E-state index is 0. The lowest BCUT2D eigenvalue weighted by Gasteiger charge is -2.19. The molecule has 1 saturated heterocycles. The predicted molar refractivity (Wildman–Crippen MR) is 97.3 cm³/mol. The number of hydrogen-bond acceptors (Lipinski definition) is 3. The maximum atomic E-state index is 12.7. The first-order chi connectivity index (χ1) is 10.6. The Kier molecular flexibility index (Phi) is 4.31. The highest BCUT2D eigenvalue weighted by molar-refractivity contribution is 5.95. The summed E-state index contributed by atoms with van der Waals surface area (Å²) in [4.78, 5) is 19.4. The average molecular weight is 369 g/mol. The summed E-state index contributed by atoms with van der Waals surface area (Å²) in [5.74, 6) is 1.82. The van der Waals surface area contributed by atoms with Gasteiger partial charge in [0.15, 0.2) is 0 Å². The quantitative estimate of drug-likeness (QED) is 0.884. The Morgan fingerprint density at radius 1 is 1.21 bits per heavy atom. The van der Waals surface area contributed by atoms with Crippen LogP contribution in [0.1, 0.15) is 40.4 Å². The van der Waals surface area contributed by atoms with Crippen LogP contribution in [0.25, 0.3) is 5.65 Å². The maximum absolute atomic E-state index is 12.7. The molecule has 2 N–H and O–H groups in total. The van der Waals surface area contributed by atoms with E-state index in [9.17, 15) is 4.79 Å². The van der Waals surface area contributed by atoms with Crippen LogP contribution in [-0.4, -0.2) is 39.3 Å². The van der Waals surface area contributed by atoms with Crippen LogP contribution in [0.4, 0.5) is 0 Å². The lowest BCUT2D eigenvalue weighted by Crippen LogP contribution is -2.34. The highest BCUT2D eigenvalue weighted by atomic mass is 35.5. The van der Waals surface area contributed by atoms with Crippen LogP contribution in [-0.2, 0) is 0 Å². The van der Waals surface area contributed by atoms with Crippen molar-refractivity contribution in [2.45, 2.75) is 31.7 Å². The molecule has 3 atom stereocenters. The van der Waals surface area contributed by atoms with Crippen molar-refractivity contribution in [3.63, 3.8) is 0 Å². The molecule has 1 amide bonds. The Hall–Kier alpha value is -1.30. The Morgan fingerprint density at radius 2 is 1.88 bits per heavy atom. The monoisotopic (exact) mass is 368 g/mol. The zero-order valence-corrected chi connectivity index (χ0v) is 15.1. The zero-order valence-electron chi connectivity index (χ0n) is 13.5. The Bertz CT molecular complexity index is 789. The Balaban J connectivity index is 0.000000845. The molecule has 1 unspecified atom stereocenters. The molecule has 130 valence electrons. The molecular weight excluding hydrogens is 347 g/mol. The molecule has 5 nitrogen and oxygen atoms in total. The Morgan fingerprint density at radius 3 is 2.50 bits per heavy atom. The molecule has 2 aromatic rings. The van der Waals surface area contributed by atoms with E-state index in [1.54, 1.807) is 0 Å². The summed E-state index contributed by atoms with van der Waals surface area (Å²) in [5, 5.41) is 0. The smallest absolute Gasteiger partial charge is 0.255 e. The summed E-state index contributed by atoms with van der Waals surface area (Å²) in [6, 6.07) is 2.30. The molecule has 3 aliphatic rings. The van der Waals surface area contributed by atoms with Crippen LogP contribution < -0.4 is 5.73 Å². The van der Waals surface area contributed by atoms with Crippen molar-refractivity contribution >= 4 is 36.4 Å². The van der Waals surface area contributed by atoms with Gasteiger partial charge >= 0.3 is 0 Å². The van der Waals surface area contributed by atoms with Gasteiger partial charge in [-0.15, -0.1) is 24.8 Å². The van der Waals surface area contributed by atoms with Gasteiger partial charge in [0, 0.05) is 37.4 Å². The lowest BCUT2D eigenvalue weighted by atomic mass is 10.2. The third kappa shape index (κ3) is 2.59. The number of carbonyl (C=O) groups excluding carboxylic acids is 1. The Labute approximate surface area is 153 Å². The van der Waals surface area contributed by atoms with E-state index in [1.165, 1.54) is 18.5 Å². The summed E-state index contributed by atoms with van der Waals surface area (Å²) in [6.45, 7) is 3.67. The number of aryl methyl sites for hydroxylation is 1. The van der Waals surface area contributed by atoms with Gasteiger partial charge in [-0.05, 0) is 43.2 Å². The number of amides is 1. The highest BCUT2D eigenvalue weighted by Gasteiger charge is 2.54. The van der Waals surface area contributed by atoms with E-state index in [1.807, 2.05) is 28.5 Å². The van der Waals surface area contributed by atoms with Crippen molar-refractivity contribution in [1.29, 1.82) is 0 Å². The van der Waals surface area contributed by atoms with Crippen LogP contribution in [0.15, 0.2) is 18.5 Å². The van der Waals surface area contributed by atoms with E-state index in [0.717, 1.165) is 29.9 Å². The number of piperidine rings is 1. The number of fused-ring (bicyclic) bond motifs is 2. The molecule has 0 radical (unpaired) electrons. The number of nitrogens with zero attached hydrogens (tertiary/aromatic N) is 3. The fourth-order valence-electron chi connectivity index (χ4n) is 3.90. The number of carbonyl (C=O) groups is 1. The number of hydrogen-bond donors (Lipinski definition) is 1. The fourth-order valence-corrected chi connectivity index (χ4v) is 3.90. The van der Waals surface area contributed by atoms with Crippen molar-refractivity contribution in [2.24, 2.45) is 17.6 Å². The van der Waals surface area contributed by atoms with Crippen molar-refractivity contribution in [3.05, 3.63) is 35.3 Å². The van der Waals surface area contributed by atoms with Gasteiger partial charge in [-0.3, -0.25) is 4.79 Å². The third-order valence-electron chi connectivity index (χ3n) is 5.54. The standard InChI is InChI=1S/C17H20N4O.2ClH/c1-9-4-11(17(22)21-6-12-13(7-21)15(12)18)5-20-8-14(10-2-3-10)19-16(9)20;;/h4-5,8,10,12-13,15H,2-3,6-7,18H2,1H3;2*1H/t12-,13+,15?;;. The molecule has 2 aliphatic carbocycles. The predicted octanol–water partition coefficient (Wildman–Crippen LogP) is 2.39. The molecular formula is C17H22Cl2N4O. The average Bonchev–Trinajstić information content (AvgIpc) is 3.33. The van der Waals surface area contributed by atoms with E-state index in [4.69, 9.17) is 10.7 Å². The van der Waals surface area contributed by atoms with Crippen LogP contribution in [0.5, 0.6) is 0 Å². The first-order valence-corrected chi connectivity index (χ1v) is 8.16. The first-order valence-electron chi connectivity index (χ1n) is 8.16. The van der Waals surface area contributed by atoms with E-state index in [2.05, 4.69) is 6.20 Å². The van der Waals surface area contributed by atoms with Crippen molar-refractivity contribution in [2.75, 3.05) is 13.1 Å². The van der Waals surface area contributed by atoms with Gasteiger partial charge in [0.25, 0.3) is 5.91 Å². The molecule has 24 heavy (non-hydrogen) atoms. The van der Waals surface area contributed by atoms with Gasteiger partial charge in [-0.1, -0.05) is 0 Å². The number of pyridine rings is 1. The molecule has 1 aliphatic heterocycles. The largest absolute Gasteiger partial charge is 0.338 e. The molecule has 3 fully saturated rings. The van der Waals surface area contributed by atoms with Gasteiger partial charge in [0.2, 0.25) is 0 Å². The number of likely N-dealkylation sites (tertiary alicyclic amines) is 1. The number of nitrogens with two attached hydrogens (primary N) is 1. The van der Waals surface area contributed by atoms with E-state index < -0.39 is 0 Å². The van der Waals surface area contributed by atoms with Crippen LogP contribution >= 0.6 is 24.8 Å². The number of halogens is 2. The first kappa shape index (κ1) is 17.5. The number of rotatable bonds is 2. The van der Waals surface area contributed by atoms with Gasteiger partial charge in [0.1, 0.15) is 5.65 Å². The van der Waals surface area contributed by atoms with Gasteiger partial charge in [0.05, 0.1) is 11.3 Å². The fraction of sp³-hybridized carbons (Fsp3) is 0.529. The molecule has 7 heteroatoms. The molecule has 2 saturated carbocycles. The van der Waals surface area contributed by atoms with Crippen LogP contribution in [0.2, 0.25) is 0 Å². The summed E-state index contributed by atoms with van der Waals surface area (Å²) >= 11 is 0. The second-order valence-electron chi connectivity index (χ2n) is 7.20. The van der Waals surface area contributed by atoms with Crippen LogP contribution in [0, 0.1) is 18.8 Å². The topological polar surface area (TPSA) is 63.6 Å². The minimum Gasteiger partial charge on any atom is -0.338 e. The van der Waals surface area contributed by atoms with Gasteiger partial charge in [-0.25, -0.2) is 4.98 Å². The van der Waals surface area contributed by atoms with Crippen molar-refractivity contribution < 1.29 is 4.79 Å². The summed E-state index contributed by atoms with van der Waals surface area (Å²) in [6.07, 6.45) is 6.51. The number of imidazole rings is 1. The van der Waals surface area contributed by atoms with E-state index >= 15 is 0 Å². The van der Waals surface area contributed by atoms with Crippen molar-refractivity contribution in [3.8, 4) is 0 Å². The maximum Gasteiger partial charge on any atom is 0.255 e. The summed E-state index contributed by atoms with van der Waals surface area (Å²) < 4.78 is 2.03. The number of aromatic nitrogens is 2. The van der Waals surface area contributed by atoms with E-state index in [-0.39, 0.29) is 30.7 Å². The van der Waals surface area contributed by atoms with Crippen molar-refractivity contribution in [1.82, 2.24) is 14.3 Å². The molecule has 0 aromatic carbocycles. The molecule has 0 bridgehead atoms. The van der Waals surface area contributed by atoms with Gasteiger partial charge in [-0.2, -0.15) is 0 Å². The third-order valence-corrected chi connectivity index (χ3v) is 5.54. The van der Waals surface area contributed by atoms with Crippen LogP contribution in [0.3, 0.4) is 0 Å².